The van der Waals surface area contributed by atoms with Gasteiger partial charge < -0.3 is 4.74 Å². The van der Waals surface area contributed by atoms with Crippen molar-refractivity contribution in [2.24, 2.45) is 5.10 Å². The van der Waals surface area contributed by atoms with Gasteiger partial charge in [-0.25, -0.2) is 4.68 Å². The number of hydrogen-bond donors (Lipinski definition) is 0. The highest BCUT2D eigenvalue weighted by Crippen LogP contribution is 2.40. The van der Waals surface area contributed by atoms with Crippen molar-refractivity contribution >= 4 is 28.7 Å². The number of Topliss-reactive ketones (excluding diaryl/α,β-unsaturated/α-hetero) is 1. The second kappa shape index (κ2) is 8.22. The normalized spacial score (nSPS) is 14.7. The summed E-state index contributed by atoms with van der Waals surface area (Å²) in [5.41, 5.74) is 3.89. The van der Waals surface area contributed by atoms with Crippen molar-refractivity contribution in [1.82, 2.24) is 9.78 Å². The van der Waals surface area contributed by atoms with Crippen molar-refractivity contribution in [2.45, 2.75) is 6.92 Å². The molecule has 0 saturated carbocycles. The van der Waals surface area contributed by atoms with Crippen LogP contribution in [0, 0.1) is 6.92 Å². The molecule has 6 rings (SSSR count). The number of ether oxygens (including phenoxy) is 1. The lowest BCUT2D eigenvalue weighted by molar-refractivity contribution is -0.114. The SMILES string of the molecule is Cc1nn(-c2ccccc2)c2c1C(C(=O)c1ccccc1)=C1C(=O)N(c3ccccc3)N=C1CO2. The fourth-order valence-electron chi connectivity index (χ4n) is 4.44. The number of hydrogen-bond acceptors (Lipinski definition) is 5. The molecule has 0 spiro atoms. The number of carbonyl (C=O) groups excluding carboxylic acids is 2. The Bertz CT molecular complexity index is 1520. The van der Waals surface area contributed by atoms with Gasteiger partial charge in [-0.05, 0) is 31.2 Å². The zero-order valence-electron chi connectivity index (χ0n) is 18.9. The average molecular weight is 460 g/mol. The number of benzene rings is 3. The van der Waals surface area contributed by atoms with Crippen LogP contribution in [0.4, 0.5) is 5.69 Å². The smallest absolute Gasteiger partial charge is 0.281 e. The molecular weight excluding hydrogens is 440 g/mol. The van der Waals surface area contributed by atoms with E-state index in [9.17, 15) is 9.59 Å². The van der Waals surface area contributed by atoms with Crippen molar-refractivity contribution in [3.8, 4) is 11.6 Å². The van der Waals surface area contributed by atoms with Gasteiger partial charge in [0, 0.05) is 5.56 Å². The van der Waals surface area contributed by atoms with Crippen molar-refractivity contribution in [2.75, 3.05) is 11.6 Å². The van der Waals surface area contributed by atoms with Gasteiger partial charge in [-0.3, -0.25) is 9.59 Å². The van der Waals surface area contributed by atoms with Gasteiger partial charge >= 0.3 is 0 Å². The molecule has 0 N–H and O–H groups in total. The van der Waals surface area contributed by atoms with E-state index in [0.29, 0.717) is 34.1 Å². The Balaban J connectivity index is 1.60. The Morgan fingerprint density at radius 3 is 2.11 bits per heavy atom. The summed E-state index contributed by atoms with van der Waals surface area (Å²) in [6.07, 6.45) is 0. The molecule has 0 saturated heterocycles. The molecule has 1 aromatic heterocycles. The number of para-hydroxylation sites is 2. The monoisotopic (exact) mass is 460 g/mol. The summed E-state index contributed by atoms with van der Waals surface area (Å²) in [5, 5.41) is 10.6. The van der Waals surface area contributed by atoms with Gasteiger partial charge in [0.2, 0.25) is 5.88 Å². The van der Waals surface area contributed by atoms with Gasteiger partial charge in [0.15, 0.2) is 5.78 Å². The lowest BCUT2D eigenvalue weighted by atomic mass is 9.90. The predicted molar refractivity (Wildman–Crippen MR) is 133 cm³/mol. The zero-order chi connectivity index (χ0) is 23.9. The van der Waals surface area contributed by atoms with Crippen LogP contribution in [0.1, 0.15) is 21.6 Å². The number of aryl methyl sites for hydroxylation is 1. The maximum atomic E-state index is 14.0. The highest BCUT2D eigenvalue weighted by atomic mass is 16.5. The summed E-state index contributed by atoms with van der Waals surface area (Å²) in [6, 6.07) is 27.6. The van der Waals surface area contributed by atoms with Crippen molar-refractivity contribution in [3.05, 3.63) is 113 Å². The molecule has 2 aliphatic rings. The third-order valence-corrected chi connectivity index (χ3v) is 6.04. The van der Waals surface area contributed by atoms with Crippen LogP contribution in [0.3, 0.4) is 0 Å². The van der Waals surface area contributed by atoms with E-state index in [0.717, 1.165) is 5.69 Å². The van der Waals surface area contributed by atoms with Crippen LogP contribution in [0.5, 0.6) is 5.88 Å². The number of amides is 1. The molecule has 0 fully saturated rings. The molecule has 170 valence electrons. The predicted octanol–water partition coefficient (Wildman–Crippen LogP) is 4.61. The first-order chi connectivity index (χ1) is 17.1. The Labute approximate surface area is 201 Å². The van der Waals surface area contributed by atoms with Crippen LogP contribution < -0.4 is 9.75 Å². The molecule has 0 radical (unpaired) electrons. The number of fused-ring (bicyclic) bond motifs is 2. The first-order valence-electron chi connectivity index (χ1n) is 11.2. The minimum atomic E-state index is -0.367. The second-order valence-electron chi connectivity index (χ2n) is 8.25. The molecule has 0 aliphatic carbocycles. The van der Waals surface area contributed by atoms with E-state index >= 15 is 0 Å². The molecule has 1 amide bonds. The summed E-state index contributed by atoms with van der Waals surface area (Å²) in [4.78, 5) is 27.7. The third kappa shape index (κ3) is 3.36. The van der Waals surface area contributed by atoms with E-state index in [2.05, 4.69) is 10.2 Å². The number of allylic oxidation sites excluding steroid dienone is 1. The van der Waals surface area contributed by atoms with Gasteiger partial charge in [-0.1, -0.05) is 66.7 Å². The molecule has 0 atom stereocenters. The van der Waals surface area contributed by atoms with Gasteiger partial charge in [0.05, 0.1) is 33.8 Å². The van der Waals surface area contributed by atoms with E-state index in [1.165, 1.54) is 5.01 Å². The first-order valence-corrected chi connectivity index (χ1v) is 11.2. The highest BCUT2D eigenvalue weighted by molar-refractivity contribution is 6.45. The number of rotatable bonds is 4. The van der Waals surface area contributed by atoms with Gasteiger partial charge in [0.25, 0.3) is 5.91 Å². The molecule has 0 unspecified atom stereocenters. The van der Waals surface area contributed by atoms with Crippen LogP contribution in [-0.2, 0) is 4.79 Å². The van der Waals surface area contributed by atoms with Gasteiger partial charge in [0.1, 0.15) is 12.3 Å². The fraction of sp³-hybridized carbons (Fsp3) is 0.0714. The van der Waals surface area contributed by atoms with Crippen LogP contribution in [0.2, 0.25) is 0 Å². The number of carbonyl (C=O) groups is 2. The van der Waals surface area contributed by atoms with Crippen molar-refractivity contribution in [3.63, 3.8) is 0 Å². The number of anilines is 1. The number of hydrazone groups is 1. The molecule has 3 heterocycles. The number of ketones is 1. The molecule has 7 nitrogen and oxygen atoms in total. The number of nitrogens with zero attached hydrogens (tertiary/aromatic N) is 4. The maximum absolute atomic E-state index is 14.0. The van der Waals surface area contributed by atoms with Gasteiger partial charge in [-0.15, -0.1) is 0 Å². The standard InChI is InChI=1S/C28H20N4O3/c1-18-23-25(26(33)19-11-5-2-6-12-19)24-22(30-31(27(24)34)20-13-7-3-8-14-20)17-35-28(23)32(29-18)21-15-9-4-10-16-21/h2-16H,17H2,1H3. The summed E-state index contributed by atoms with van der Waals surface area (Å²) in [6.45, 7) is 1.85. The maximum Gasteiger partial charge on any atom is 0.281 e. The van der Waals surface area contributed by atoms with E-state index in [-0.39, 0.29) is 29.4 Å². The summed E-state index contributed by atoms with van der Waals surface area (Å²) in [5.74, 6) is -0.232. The Morgan fingerprint density at radius 2 is 1.46 bits per heavy atom. The van der Waals surface area contributed by atoms with Crippen molar-refractivity contribution < 1.29 is 14.3 Å². The molecule has 4 aromatic rings. The highest BCUT2D eigenvalue weighted by Gasteiger charge is 2.41. The summed E-state index contributed by atoms with van der Waals surface area (Å²) >= 11 is 0. The van der Waals surface area contributed by atoms with E-state index in [4.69, 9.17) is 4.74 Å². The van der Waals surface area contributed by atoms with Gasteiger partial charge in [-0.2, -0.15) is 15.2 Å². The Hall–Kier alpha value is -4.78. The number of aromatic nitrogens is 2. The van der Waals surface area contributed by atoms with E-state index in [1.54, 1.807) is 41.1 Å². The molecule has 2 aliphatic heterocycles. The average Bonchev–Trinajstić information content (AvgIpc) is 3.34. The lowest BCUT2D eigenvalue weighted by Crippen LogP contribution is -2.23. The Kier molecular flexibility index (Phi) is 4.88. The quantitative estimate of drug-likeness (QED) is 0.417. The minimum Gasteiger partial charge on any atom is -0.471 e. The summed E-state index contributed by atoms with van der Waals surface area (Å²) < 4.78 is 7.89. The molecule has 3 aromatic carbocycles. The third-order valence-electron chi connectivity index (χ3n) is 6.04. The topological polar surface area (TPSA) is 76.8 Å². The lowest BCUT2D eigenvalue weighted by Gasteiger charge is -2.14. The fourth-order valence-corrected chi connectivity index (χ4v) is 4.44. The van der Waals surface area contributed by atoms with Crippen LogP contribution in [-0.4, -0.2) is 33.8 Å². The van der Waals surface area contributed by atoms with Crippen LogP contribution in [0.25, 0.3) is 11.3 Å². The minimum absolute atomic E-state index is 0.0287. The van der Waals surface area contributed by atoms with E-state index < -0.39 is 0 Å². The van der Waals surface area contributed by atoms with E-state index in [1.807, 2.05) is 61.5 Å². The zero-order valence-corrected chi connectivity index (χ0v) is 18.9. The van der Waals surface area contributed by atoms with Crippen molar-refractivity contribution in [1.29, 1.82) is 0 Å². The molecule has 0 bridgehead atoms. The molecular formula is C28H20N4O3. The second-order valence-corrected chi connectivity index (χ2v) is 8.25. The van der Waals surface area contributed by atoms with Crippen LogP contribution >= 0.6 is 0 Å². The van der Waals surface area contributed by atoms with Crippen LogP contribution in [0.15, 0.2) is 102 Å². The first kappa shape index (κ1) is 20.8. The largest absolute Gasteiger partial charge is 0.471 e. The molecule has 35 heavy (non-hydrogen) atoms. The summed E-state index contributed by atoms with van der Waals surface area (Å²) in [7, 11) is 0. The molecule has 7 heteroatoms. The Morgan fingerprint density at radius 1 is 0.857 bits per heavy atom.